The van der Waals surface area contributed by atoms with Gasteiger partial charge in [-0.15, -0.1) is 11.8 Å². The predicted molar refractivity (Wildman–Crippen MR) is 74.2 cm³/mol. The molecule has 0 aliphatic rings. The zero-order valence-electron chi connectivity index (χ0n) is 9.84. The third-order valence-electron chi connectivity index (χ3n) is 2.26. The fourth-order valence-corrected chi connectivity index (χ4v) is 2.27. The number of benzene rings is 1. The third-order valence-corrected chi connectivity index (χ3v) is 3.28. The summed E-state index contributed by atoms with van der Waals surface area (Å²) in [6.07, 6.45) is 1.80. The van der Waals surface area contributed by atoms with E-state index in [0.29, 0.717) is 0 Å². The second-order valence-electron chi connectivity index (χ2n) is 3.62. The van der Waals surface area contributed by atoms with Gasteiger partial charge in [0.25, 0.3) is 0 Å². The van der Waals surface area contributed by atoms with Crippen molar-refractivity contribution in [2.24, 2.45) is 0 Å². The summed E-state index contributed by atoms with van der Waals surface area (Å²) in [7, 11) is 0. The van der Waals surface area contributed by atoms with Crippen molar-refractivity contribution in [2.75, 3.05) is 6.61 Å². The van der Waals surface area contributed by atoms with Crippen LogP contribution < -0.4 is 0 Å². The van der Waals surface area contributed by atoms with Crippen LogP contribution in [0.15, 0.2) is 53.7 Å². The second kappa shape index (κ2) is 6.85. The van der Waals surface area contributed by atoms with E-state index in [1.807, 2.05) is 36.4 Å². The van der Waals surface area contributed by atoms with E-state index in [1.54, 1.807) is 18.0 Å². The number of aliphatic hydroxyl groups excluding tert-OH is 1. The minimum absolute atomic E-state index is 0.104. The Labute approximate surface area is 111 Å². The van der Waals surface area contributed by atoms with Crippen molar-refractivity contribution in [3.63, 3.8) is 0 Å². The lowest BCUT2D eigenvalue weighted by Crippen LogP contribution is -1.84. The Hall–Kier alpha value is -1.76. The normalized spacial score (nSPS) is 9.61. The maximum atomic E-state index is 8.66. The van der Waals surface area contributed by atoms with E-state index in [2.05, 4.69) is 22.9 Å². The molecule has 0 saturated heterocycles. The Bertz CT molecular complexity index is 557. The van der Waals surface area contributed by atoms with Crippen LogP contribution in [0.2, 0.25) is 0 Å². The van der Waals surface area contributed by atoms with Gasteiger partial charge in [-0.1, -0.05) is 30.0 Å². The first-order chi connectivity index (χ1) is 8.88. The summed E-state index contributed by atoms with van der Waals surface area (Å²) in [6, 6.07) is 13.9. The highest BCUT2D eigenvalue weighted by Gasteiger charge is 1.97. The number of rotatable bonds is 3. The summed E-state index contributed by atoms with van der Waals surface area (Å²) in [6.45, 7) is -0.104. The van der Waals surface area contributed by atoms with Crippen LogP contribution in [0.1, 0.15) is 11.1 Å². The minimum Gasteiger partial charge on any atom is -0.384 e. The summed E-state index contributed by atoms with van der Waals surface area (Å²) in [5.74, 6) is 6.43. The SMILES string of the molecule is OCC#Cc1cccc(CSc2ccccn2)c1. The van der Waals surface area contributed by atoms with Gasteiger partial charge in [-0.2, -0.15) is 0 Å². The van der Waals surface area contributed by atoms with E-state index in [4.69, 9.17) is 5.11 Å². The molecule has 0 saturated carbocycles. The van der Waals surface area contributed by atoms with Gasteiger partial charge >= 0.3 is 0 Å². The summed E-state index contributed by atoms with van der Waals surface area (Å²) >= 11 is 1.70. The van der Waals surface area contributed by atoms with Gasteiger partial charge in [-0.25, -0.2) is 4.98 Å². The summed E-state index contributed by atoms with van der Waals surface area (Å²) < 4.78 is 0. The number of aliphatic hydroxyl groups is 1. The quantitative estimate of drug-likeness (QED) is 0.676. The largest absolute Gasteiger partial charge is 0.384 e. The molecular formula is C15H13NOS. The average molecular weight is 255 g/mol. The summed E-state index contributed by atoms with van der Waals surface area (Å²) in [5.41, 5.74) is 2.14. The molecule has 0 unspecified atom stereocenters. The molecule has 0 bridgehead atoms. The minimum atomic E-state index is -0.104. The van der Waals surface area contributed by atoms with Gasteiger partial charge in [-0.3, -0.25) is 0 Å². The van der Waals surface area contributed by atoms with Crippen molar-refractivity contribution >= 4 is 11.8 Å². The summed E-state index contributed by atoms with van der Waals surface area (Å²) in [5, 5.41) is 9.68. The Morgan fingerprint density at radius 1 is 1.17 bits per heavy atom. The van der Waals surface area contributed by atoms with Crippen molar-refractivity contribution in [2.45, 2.75) is 10.8 Å². The molecule has 0 aliphatic carbocycles. The molecule has 0 fully saturated rings. The Morgan fingerprint density at radius 3 is 2.89 bits per heavy atom. The number of aromatic nitrogens is 1. The van der Waals surface area contributed by atoms with Gasteiger partial charge in [0.1, 0.15) is 6.61 Å². The van der Waals surface area contributed by atoms with Crippen LogP contribution in [0.4, 0.5) is 0 Å². The first-order valence-corrected chi connectivity index (χ1v) is 6.59. The van der Waals surface area contributed by atoms with Gasteiger partial charge in [0, 0.05) is 17.5 Å². The number of pyridine rings is 1. The molecule has 1 N–H and O–H groups in total. The first kappa shape index (κ1) is 12.7. The number of hydrogen-bond donors (Lipinski definition) is 1. The highest BCUT2D eigenvalue weighted by molar-refractivity contribution is 7.98. The van der Waals surface area contributed by atoms with Gasteiger partial charge in [0.2, 0.25) is 0 Å². The van der Waals surface area contributed by atoms with Crippen LogP contribution in [0.3, 0.4) is 0 Å². The number of thioether (sulfide) groups is 1. The van der Waals surface area contributed by atoms with Gasteiger partial charge < -0.3 is 5.11 Å². The highest BCUT2D eigenvalue weighted by atomic mass is 32.2. The molecule has 0 spiro atoms. The van der Waals surface area contributed by atoms with Gasteiger partial charge in [-0.05, 0) is 29.8 Å². The van der Waals surface area contributed by atoms with Crippen LogP contribution in [0.25, 0.3) is 0 Å². The molecule has 1 aromatic carbocycles. The predicted octanol–water partition coefficient (Wildman–Crippen LogP) is 2.72. The molecule has 0 amide bonds. The lowest BCUT2D eigenvalue weighted by Gasteiger charge is -2.01. The van der Waals surface area contributed by atoms with Crippen molar-refractivity contribution in [3.05, 3.63) is 59.8 Å². The maximum absolute atomic E-state index is 8.66. The molecule has 3 heteroatoms. The second-order valence-corrected chi connectivity index (χ2v) is 4.61. The van der Waals surface area contributed by atoms with Crippen molar-refractivity contribution in [1.29, 1.82) is 0 Å². The van der Waals surface area contributed by atoms with E-state index in [1.165, 1.54) is 5.56 Å². The standard InChI is InChI=1S/C15H13NOS/c17-10-4-7-13-5-3-6-14(11-13)12-18-15-8-1-2-9-16-15/h1-3,5-6,8-9,11,17H,10,12H2. The Balaban J connectivity index is 2.01. The molecule has 0 aliphatic heterocycles. The first-order valence-electron chi connectivity index (χ1n) is 5.61. The average Bonchev–Trinajstić information content (AvgIpc) is 2.44. The zero-order chi connectivity index (χ0) is 12.6. The Kier molecular flexibility index (Phi) is 4.83. The van der Waals surface area contributed by atoms with E-state index in [-0.39, 0.29) is 6.61 Å². The van der Waals surface area contributed by atoms with Crippen LogP contribution >= 0.6 is 11.8 Å². The molecule has 0 atom stereocenters. The fourth-order valence-electron chi connectivity index (χ4n) is 1.47. The van der Waals surface area contributed by atoms with Crippen LogP contribution in [0.5, 0.6) is 0 Å². The molecular weight excluding hydrogens is 242 g/mol. The highest BCUT2D eigenvalue weighted by Crippen LogP contribution is 2.20. The maximum Gasteiger partial charge on any atom is 0.104 e. The molecule has 1 heterocycles. The molecule has 1 aromatic heterocycles. The topological polar surface area (TPSA) is 33.1 Å². The van der Waals surface area contributed by atoms with Crippen LogP contribution in [0, 0.1) is 11.8 Å². The Morgan fingerprint density at radius 2 is 2.11 bits per heavy atom. The third kappa shape index (κ3) is 3.92. The van der Waals surface area contributed by atoms with Crippen LogP contribution in [-0.4, -0.2) is 16.7 Å². The van der Waals surface area contributed by atoms with E-state index >= 15 is 0 Å². The lowest BCUT2D eigenvalue weighted by atomic mass is 10.1. The lowest BCUT2D eigenvalue weighted by molar-refractivity contribution is 0.350. The van der Waals surface area contributed by atoms with Gasteiger partial charge in [0.15, 0.2) is 0 Å². The monoisotopic (exact) mass is 255 g/mol. The smallest absolute Gasteiger partial charge is 0.104 e. The molecule has 2 rings (SSSR count). The van der Waals surface area contributed by atoms with Gasteiger partial charge in [0.05, 0.1) is 5.03 Å². The van der Waals surface area contributed by atoms with Crippen LogP contribution in [-0.2, 0) is 5.75 Å². The molecule has 2 nitrogen and oxygen atoms in total. The molecule has 18 heavy (non-hydrogen) atoms. The van der Waals surface area contributed by atoms with Crippen molar-refractivity contribution < 1.29 is 5.11 Å². The summed E-state index contributed by atoms with van der Waals surface area (Å²) in [4.78, 5) is 4.27. The zero-order valence-corrected chi connectivity index (χ0v) is 10.7. The fraction of sp³-hybridized carbons (Fsp3) is 0.133. The van der Waals surface area contributed by atoms with E-state index in [0.717, 1.165) is 16.3 Å². The van der Waals surface area contributed by atoms with Crippen molar-refractivity contribution in [3.8, 4) is 11.8 Å². The molecule has 0 radical (unpaired) electrons. The number of nitrogens with zero attached hydrogens (tertiary/aromatic N) is 1. The molecule has 2 aromatic rings. The molecule has 90 valence electrons. The van der Waals surface area contributed by atoms with Crippen molar-refractivity contribution in [1.82, 2.24) is 4.98 Å². The number of hydrogen-bond acceptors (Lipinski definition) is 3. The van der Waals surface area contributed by atoms with E-state index in [9.17, 15) is 0 Å². The van der Waals surface area contributed by atoms with E-state index < -0.39 is 0 Å².